The average molecular weight is 271 g/mol. The van der Waals surface area contributed by atoms with E-state index in [9.17, 15) is 5.11 Å². The molecule has 0 radical (unpaired) electrons. The molecule has 2 heterocycles. The predicted octanol–water partition coefficient (Wildman–Crippen LogP) is 0.839. The molecule has 6 heteroatoms. The van der Waals surface area contributed by atoms with Crippen LogP contribution in [0.15, 0.2) is 30.3 Å². The zero-order valence-corrected chi connectivity index (χ0v) is 11.2. The second-order valence-electron chi connectivity index (χ2n) is 4.91. The van der Waals surface area contributed by atoms with E-state index in [-0.39, 0.29) is 11.7 Å². The second kappa shape index (κ2) is 4.97. The summed E-state index contributed by atoms with van der Waals surface area (Å²) in [5, 5.41) is 12.6. The number of nitrogens with zero attached hydrogens (tertiary/aromatic N) is 3. The number of hydrogen-bond acceptors (Lipinski definition) is 6. The molecule has 3 rings (SSSR count). The van der Waals surface area contributed by atoms with Crippen LogP contribution in [0.3, 0.4) is 0 Å². The Balaban J connectivity index is 1.89. The van der Waals surface area contributed by atoms with E-state index in [0.29, 0.717) is 6.04 Å². The van der Waals surface area contributed by atoms with Gasteiger partial charge in [0.25, 0.3) is 0 Å². The van der Waals surface area contributed by atoms with E-state index < -0.39 is 0 Å². The van der Waals surface area contributed by atoms with Gasteiger partial charge >= 0.3 is 0 Å². The van der Waals surface area contributed by atoms with Crippen molar-refractivity contribution >= 4 is 11.8 Å². The number of benzene rings is 1. The molecule has 0 saturated carbocycles. The van der Waals surface area contributed by atoms with Gasteiger partial charge < -0.3 is 21.1 Å². The van der Waals surface area contributed by atoms with Crippen LogP contribution in [0.25, 0.3) is 11.3 Å². The van der Waals surface area contributed by atoms with Gasteiger partial charge in [-0.15, -0.1) is 0 Å². The topological polar surface area (TPSA) is 87.3 Å². The summed E-state index contributed by atoms with van der Waals surface area (Å²) in [6, 6.07) is 9.32. The van der Waals surface area contributed by atoms with Gasteiger partial charge in [-0.1, -0.05) is 0 Å². The Morgan fingerprint density at radius 3 is 2.60 bits per heavy atom. The highest BCUT2D eigenvalue weighted by atomic mass is 16.3. The second-order valence-corrected chi connectivity index (χ2v) is 4.91. The van der Waals surface area contributed by atoms with Gasteiger partial charge in [0.1, 0.15) is 11.6 Å². The van der Waals surface area contributed by atoms with Crippen molar-refractivity contribution in [2.75, 3.05) is 30.8 Å². The highest BCUT2D eigenvalue weighted by molar-refractivity contribution is 5.65. The number of aromatic hydroxyl groups is 1. The Hall–Kier alpha value is -2.34. The largest absolute Gasteiger partial charge is 0.508 e. The summed E-state index contributed by atoms with van der Waals surface area (Å²) in [7, 11) is 1.96. The van der Waals surface area contributed by atoms with Gasteiger partial charge in [0.2, 0.25) is 5.95 Å². The number of aromatic nitrogens is 2. The van der Waals surface area contributed by atoms with E-state index in [1.165, 1.54) is 0 Å². The molecule has 2 aromatic rings. The minimum Gasteiger partial charge on any atom is -0.508 e. The number of likely N-dealkylation sites (N-methyl/N-ethyl adjacent to an activating group) is 1. The number of phenolic OH excluding ortho intramolecular Hbond substituents is 1. The number of nitrogens with two attached hydrogens (primary N) is 1. The lowest BCUT2D eigenvalue weighted by Crippen LogP contribution is -2.57. The fourth-order valence-electron chi connectivity index (χ4n) is 2.24. The lowest BCUT2D eigenvalue weighted by atomic mass is 10.1. The molecule has 6 nitrogen and oxygen atoms in total. The zero-order valence-electron chi connectivity index (χ0n) is 11.2. The van der Waals surface area contributed by atoms with Gasteiger partial charge in [0, 0.05) is 30.8 Å². The van der Waals surface area contributed by atoms with Crippen molar-refractivity contribution in [2.45, 2.75) is 6.04 Å². The van der Waals surface area contributed by atoms with Crippen LogP contribution >= 0.6 is 0 Å². The number of nitrogens with one attached hydrogen (secondary N) is 1. The summed E-state index contributed by atoms with van der Waals surface area (Å²) in [5.74, 6) is 1.33. The van der Waals surface area contributed by atoms with Crippen LogP contribution in [0.1, 0.15) is 0 Å². The minimum atomic E-state index is 0.232. The van der Waals surface area contributed by atoms with Gasteiger partial charge in [-0.3, -0.25) is 0 Å². The van der Waals surface area contributed by atoms with Crippen molar-refractivity contribution < 1.29 is 5.11 Å². The van der Waals surface area contributed by atoms with Crippen LogP contribution in [-0.4, -0.2) is 41.3 Å². The summed E-state index contributed by atoms with van der Waals surface area (Å²) in [4.78, 5) is 10.7. The van der Waals surface area contributed by atoms with E-state index in [4.69, 9.17) is 5.73 Å². The fraction of sp³-hybridized carbons (Fsp3) is 0.286. The number of nitrogen functional groups attached to an aromatic ring is 1. The highest BCUT2D eigenvalue weighted by Crippen LogP contribution is 2.26. The molecule has 1 saturated heterocycles. The first-order chi connectivity index (χ1) is 9.65. The molecule has 1 aliphatic rings. The molecule has 0 amide bonds. The van der Waals surface area contributed by atoms with Gasteiger partial charge in [-0.2, -0.15) is 4.98 Å². The molecule has 20 heavy (non-hydrogen) atoms. The molecule has 1 aromatic carbocycles. The Morgan fingerprint density at radius 1 is 1.25 bits per heavy atom. The quantitative estimate of drug-likeness (QED) is 0.767. The molecule has 104 valence electrons. The van der Waals surface area contributed by atoms with Gasteiger partial charge in [0.05, 0.1) is 5.69 Å². The van der Waals surface area contributed by atoms with Crippen LogP contribution in [0.5, 0.6) is 5.75 Å². The lowest BCUT2D eigenvalue weighted by molar-refractivity contribution is 0.447. The molecular formula is C14H17N5O. The molecule has 1 aromatic heterocycles. The molecule has 0 bridgehead atoms. The molecule has 1 aliphatic heterocycles. The summed E-state index contributed by atoms with van der Waals surface area (Å²) in [6.45, 7) is 1.84. The van der Waals surface area contributed by atoms with Gasteiger partial charge in [-0.05, 0) is 31.3 Å². The van der Waals surface area contributed by atoms with E-state index in [0.717, 1.165) is 30.2 Å². The van der Waals surface area contributed by atoms with Crippen molar-refractivity contribution in [3.8, 4) is 17.0 Å². The maximum atomic E-state index is 9.33. The Morgan fingerprint density at radius 2 is 1.95 bits per heavy atom. The van der Waals surface area contributed by atoms with E-state index in [1.54, 1.807) is 12.1 Å². The van der Waals surface area contributed by atoms with Crippen molar-refractivity contribution in [1.82, 2.24) is 15.3 Å². The number of hydrogen-bond donors (Lipinski definition) is 3. The predicted molar refractivity (Wildman–Crippen MR) is 78.6 cm³/mol. The standard InChI is InChI=1S/C14H17N5O/c1-16-10-7-19(8-10)13-6-12(17-14(15)18-13)9-2-4-11(20)5-3-9/h2-6,10,16,20H,7-8H2,1H3,(H2,15,17,18). The molecule has 1 fully saturated rings. The number of anilines is 2. The summed E-state index contributed by atoms with van der Waals surface area (Å²) >= 11 is 0. The van der Waals surface area contributed by atoms with Crippen molar-refractivity contribution in [1.29, 1.82) is 0 Å². The Bertz CT molecular complexity index is 607. The minimum absolute atomic E-state index is 0.232. The summed E-state index contributed by atoms with van der Waals surface area (Å²) in [6.07, 6.45) is 0. The highest BCUT2D eigenvalue weighted by Gasteiger charge is 2.26. The zero-order chi connectivity index (χ0) is 14.1. The molecule has 0 aliphatic carbocycles. The number of rotatable bonds is 3. The van der Waals surface area contributed by atoms with Gasteiger partial charge in [0.15, 0.2) is 0 Å². The third-order valence-corrected chi connectivity index (χ3v) is 3.51. The molecule has 4 N–H and O–H groups in total. The number of phenols is 1. The maximum Gasteiger partial charge on any atom is 0.222 e. The molecular weight excluding hydrogens is 254 g/mol. The smallest absolute Gasteiger partial charge is 0.222 e. The van der Waals surface area contributed by atoms with Crippen molar-refractivity contribution in [2.24, 2.45) is 0 Å². The molecule has 0 unspecified atom stereocenters. The fourth-order valence-corrected chi connectivity index (χ4v) is 2.24. The Labute approximate surface area is 117 Å². The monoisotopic (exact) mass is 271 g/mol. The summed E-state index contributed by atoms with van der Waals surface area (Å²) < 4.78 is 0. The van der Waals surface area contributed by atoms with E-state index in [2.05, 4.69) is 20.2 Å². The first-order valence-corrected chi connectivity index (χ1v) is 6.52. The average Bonchev–Trinajstić information content (AvgIpc) is 2.37. The van der Waals surface area contributed by atoms with E-state index >= 15 is 0 Å². The first kappa shape index (κ1) is 12.7. The maximum absolute atomic E-state index is 9.33. The normalized spacial score (nSPS) is 15.2. The first-order valence-electron chi connectivity index (χ1n) is 6.52. The van der Waals surface area contributed by atoms with Crippen LogP contribution in [0.2, 0.25) is 0 Å². The van der Waals surface area contributed by atoms with Crippen LogP contribution < -0.4 is 16.0 Å². The van der Waals surface area contributed by atoms with Crippen molar-refractivity contribution in [3.63, 3.8) is 0 Å². The van der Waals surface area contributed by atoms with Crippen LogP contribution in [0.4, 0.5) is 11.8 Å². The van der Waals surface area contributed by atoms with Crippen LogP contribution in [-0.2, 0) is 0 Å². The lowest BCUT2D eigenvalue weighted by Gasteiger charge is -2.40. The third kappa shape index (κ3) is 2.37. The molecule has 0 atom stereocenters. The SMILES string of the molecule is CNC1CN(c2cc(-c3ccc(O)cc3)nc(N)n2)C1. The third-order valence-electron chi connectivity index (χ3n) is 3.51. The Kier molecular flexibility index (Phi) is 3.15. The van der Waals surface area contributed by atoms with Crippen molar-refractivity contribution in [3.05, 3.63) is 30.3 Å². The van der Waals surface area contributed by atoms with Gasteiger partial charge in [-0.25, -0.2) is 4.98 Å². The summed E-state index contributed by atoms with van der Waals surface area (Å²) in [5.41, 5.74) is 7.47. The molecule has 0 spiro atoms. The van der Waals surface area contributed by atoms with E-state index in [1.807, 2.05) is 25.2 Å². The van der Waals surface area contributed by atoms with Crippen LogP contribution in [0, 0.1) is 0 Å².